The van der Waals surface area contributed by atoms with Crippen molar-refractivity contribution in [3.05, 3.63) is 52.4 Å². The molecule has 0 aliphatic rings. The van der Waals surface area contributed by atoms with Gasteiger partial charge in [-0.25, -0.2) is 13.5 Å². The third-order valence-electron chi connectivity index (χ3n) is 3.73. The van der Waals surface area contributed by atoms with Gasteiger partial charge in [0.05, 0.1) is 10.6 Å². The van der Waals surface area contributed by atoms with Gasteiger partial charge in [-0.3, -0.25) is 4.79 Å². The standard InChI is InChI=1S/C17H23N5O2S/c1-17(2,3)22(4)25(24)12-7-5-11(6-8-12)21-15(19)14-13(18)9-10-20-16(14)23/h5-10H,1-4H3,(H2,19,21)(H3,18,20,23). The van der Waals surface area contributed by atoms with Crippen molar-refractivity contribution in [3.8, 4) is 0 Å². The van der Waals surface area contributed by atoms with E-state index in [-0.39, 0.29) is 22.6 Å². The van der Waals surface area contributed by atoms with Crippen molar-refractivity contribution in [2.75, 3.05) is 12.8 Å². The number of amidine groups is 1. The Hall–Kier alpha value is -2.45. The minimum atomic E-state index is -1.28. The Morgan fingerprint density at radius 1 is 1.20 bits per heavy atom. The maximum absolute atomic E-state index is 12.6. The first-order chi connectivity index (χ1) is 11.6. The number of hydrogen-bond donors (Lipinski definition) is 3. The van der Waals surface area contributed by atoms with Gasteiger partial charge in [-0.1, -0.05) is 0 Å². The van der Waals surface area contributed by atoms with E-state index >= 15 is 0 Å². The second-order valence-corrected chi connectivity index (χ2v) is 8.06. The fourth-order valence-electron chi connectivity index (χ4n) is 2.00. The topological polar surface area (TPSA) is 118 Å². The van der Waals surface area contributed by atoms with Gasteiger partial charge in [0.15, 0.2) is 0 Å². The molecular formula is C17H23N5O2S. The summed E-state index contributed by atoms with van der Waals surface area (Å²) in [5.74, 6) is 0.0278. The third kappa shape index (κ3) is 4.34. The number of nitrogen functional groups attached to an aromatic ring is 1. The predicted octanol–water partition coefficient (Wildman–Crippen LogP) is 1.75. The van der Waals surface area contributed by atoms with Gasteiger partial charge in [0, 0.05) is 24.5 Å². The number of hydrogen-bond acceptors (Lipinski definition) is 4. The average molecular weight is 361 g/mol. The second kappa shape index (κ2) is 7.20. The molecule has 5 N–H and O–H groups in total. The first-order valence-corrected chi connectivity index (χ1v) is 8.79. The zero-order valence-corrected chi connectivity index (χ0v) is 15.6. The number of nitrogens with one attached hydrogen (secondary N) is 1. The normalized spacial score (nSPS) is 13.9. The molecule has 0 radical (unpaired) electrons. The molecule has 1 unspecified atom stereocenters. The number of pyridine rings is 1. The molecule has 0 bridgehead atoms. The Labute approximate surface area is 149 Å². The highest BCUT2D eigenvalue weighted by molar-refractivity contribution is 7.82. The maximum atomic E-state index is 12.6. The quantitative estimate of drug-likeness (QED) is 0.568. The van der Waals surface area contributed by atoms with Crippen molar-refractivity contribution in [2.24, 2.45) is 10.7 Å². The Balaban J connectivity index is 2.29. The number of benzene rings is 1. The van der Waals surface area contributed by atoms with Gasteiger partial charge in [0.2, 0.25) is 0 Å². The first-order valence-electron chi connectivity index (χ1n) is 7.68. The average Bonchev–Trinajstić information content (AvgIpc) is 2.53. The number of anilines is 1. The Kier molecular flexibility index (Phi) is 5.44. The molecule has 2 aromatic rings. The van der Waals surface area contributed by atoms with E-state index in [1.54, 1.807) is 34.6 Å². The van der Waals surface area contributed by atoms with Gasteiger partial charge in [-0.15, -0.1) is 0 Å². The highest BCUT2D eigenvalue weighted by Crippen LogP contribution is 2.21. The summed E-state index contributed by atoms with van der Waals surface area (Å²) in [6.45, 7) is 5.98. The smallest absolute Gasteiger partial charge is 0.261 e. The molecule has 1 atom stereocenters. The van der Waals surface area contributed by atoms with E-state index < -0.39 is 16.5 Å². The second-order valence-electron chi connectivity index (χ2n) is 6.55. The van der Waals surface area contributed by atoms with Crippen molar-refractivity contribution in [1.82, 2.24) is 9.29 Å². The SMILES string of the molecule is CN(S(=O)c1ccc(N=C(N)c2c(N)cc[nH]c2=O)cc1)C(C)(C)C. The molecule has 2 rings (SSSR count). The van der Waals surface area contributed by atoms with E-state index in [0.29, 0.717) is 10.6 Å². The van der Waals surface area contributed by atoms with Gasteiger partial charge < -0.3 is 16.5 Å². The lowest BCUT2D eigenvalue weighted by Crippen LogP contribution is -2.39. The highest BCUT2D eigenvalue weighted by Gasteiger charge is 2.23. The summed E-state index contributed by atoms with van der Waals surface area (Å²) in [5, 5.41) is 0. The molecule has 7 nitrogen and oxygen atoms in total. The molecule has 25 heavy (non-hydrogen) atoms. The molecule has 1 aromatic carbocycles. The van der Waals surface area contributed by atoms with E-state index in [1.807, 2.05) is 27.8 Å². The number of nitrogens with zero attached hydrogens (tertiary/aromatic N) is 2. The van der Waals surface area contributed by atoms with Crippen LogP contribution in [0.5, 0.6) is 0 Å². The van der Waals surface area contributed by atoms with Crippen LogP contribution in [0, 0.1) is 0 Å². The minimum absolute atomic E-state index is 0.0278. The van der Waals surface area contributed by atoms with Crippen molar-refractivity contribution >= 4 is 28.2 Å². The molecule has 1 heterocycles. The van der Waals surface area contributed by atoms with Crippen molar-refractivity contribution in [2.45, 2.75) is 31.2 Å². The summed E-state index contributed by atoms with van der Waals surface area (Å²) >= 11 is 0. The van der Waals surface area contributed by atoms with Crippen LogP contribution < -0.4 is 17.0 Å². The highest BCUT2D eigenvalue weighted by atomic mass is 32.2. The van der Waals surface area contributed by atoms with Crippen LogP contribution in [-0.2, 0) is 11.0 Å². The molecule has 0 aliphatic heterocycles. The maximum Gasteiger partial charge on any atom is 0.261 e. The van der Waals surface area contributed by atoms with E-state index in [1.165, 1.54) is 6.20 Å². The summed E-state index contributed by atoms with van der Waals surface area (Å²) in [5.41, 5.74) is 12.0. The molecule has 0 amide bonds. The minimum Gasteiger partial charge on any atom is -0.398 e. The van der Waals surface area contributed by atoms with E-state index in [9.17, 15) is 9.00 Å². The summed E-state index contributed by atoms with van der Waals surface area (Å²) in [4.78, 5) is 19.2. The molecule has 0 spiro atoms. The molecule has 0 saturated heterocycles. The van der Waals surface area contributed by atoms with E-state index in [4.69, 9.17) is 11.5 Å². The van der Waals surface area contributed by atoms with Crippen LogP contribution in [0.3, 0.4) is 0 Å². The Bertz CT molecular complexity index is 866. The van der Waals surface area contributed by atoms with Crippen LogP contribution in [0.1, 0.15) is 26.3 Å². The van der Waals surface area contributed by atoms with Gasteiger partial charge in [-0.05, 0) is 51.1 Å². The molecule has 134 valence electrons. The molecular weight excluding hydrogens is 338 g/mol. The zero-order valence-electron chi connectivity index (χ0n) is 14.7. The first kappa shape index (κ1) is 18.9. The number of H-pyrrole nitrogens is 1. The van der Waals surface area contributed by atoms with Crippen molar-refractivity contribution < 1.29 is 4.21 Å². The van der Waals surface area contributed by atoms with Crippen LogP contribution in [0.25, 0.3) is 0 Å². The molecule has 0 saturated carbocycles. The third-order valence-corrected chi connectivity index (χ3v) is 5.45. The summed E-state index contributed by atoms with van der Waals surface area (Å²) < 4.78 is 14.3. The van der Waals surface area contributed by atoms with Crippen LogP contribution >= 0.6 is 0 Å². The van der Waals surface area contributed by atoms with Crippen LogP contribution in [0.2, 0.25) is 0 Å². The fourth-order valence-corrected chi connectivity index (χ4v) is 3.18. The fraction of sp³-hybridized carbons (Fsp3) is 0.294. The predicted molar refractivity (Wildman–Crippen MR) is 102 cm³/mol. The molecule has 8 heteroatoms. The molecule has 1 aromatic heterocycles. The lowest BCUT2D eigenvalue weighted by atomic mass is 10.1. The lowest BCUT2D eigenvalue weighted by molar-refractivity contribution is 0.307. The summed E-state index contributed by atoms with van der Waals surface area (Å²) in [6.07, 6.45) is 1.45. The zero-order chi connectivity index (χ0) is 18.8. The van der Waals surface area contributed by atoms with Gasteiger partial charge in [0.25, 0.3) is 5.56 Å². The van der Waals surface area contributed by atoms with Gasteiger partial charge in [0.1, 0.15) is 22.4 Å². The number of rotatable bonds is 4. The van der Waals surface area contributed by atoms with Crippen molar-refractivity contribution in [3.63, 3.8) is 0 Å². The monoisotopic (exact) mass is 361 g/mol. The molecule has 0 aliphatic carbocycles. The Morgan fingerprint density at radius 3 is 2.32 bits per heavy atom. The summed E-state index contributed by atoms with van der Waals surface area (Å²) in [7, 11) is 0.527. The Morgan fingerprint density at radius 2 is 1.80 bits per heavy atom. The van der Waals surface area contributed by atoms with Crippen molar-refractivity contribution in [1.29, 1.82) is 0 Å². The van der Waals surface area contributed by atoms with Gasteiger partial charge >= 0.3 is 0 Å². The number of aliphatic imine (C=N–C) groups is 1. The largest absolute Gasteiger partial charge is 0.398 e. The summed E-state index contributed by atoms with van der Waals surface area (Å²) in [6, 6.07) is 8.40. The van der Waals surface area contributed by atoms with E-state index in [0.717, 1.165) is 0 Å². The van der Waals surface area contributed by atoms with Crippen LogP contribution in [-0.4, -0.2) is 31.9 Å². The number of aromatic amines is 1. The van der Waals surface area contributed by atoms with Gasteiger partial charge in [-0.2, -0.15) is 0 Å². The molecule has 0 fully saturated rings. The van der Waals surface area contributed by atoms with E-state index in [2.05, 4.69) is 9.98 Å². The number of aromatic nitrogens is 1. The van der Waals surface area contributed by atoms with Crippen LogP contribution in [0.4, 0.5) is 11.4 Å². The number of nitrogens with two attached hydrogens (primary N) is 2. The van der Waals surface area contributed by atoms with Crippen LogP contribution in [0.15, 0.2) is 51.2 Å². The lowest BCUT2D eigenvalue weighted by Gasteiger charge is -2.30.